The summed E-state index contributed by atoms with van der Waals surface area (Å²) >= 11 is -1.72. The van der Waals surface area contributed by atoms with E-state index in [1.165, 1.54) is 4.40 Å². The van der Waals surface area contributed by atoms with Crippen LogP contribution in [0.3, 0.4) is 0 Å². The first kappa shape index (κ1) is 28.4. The molecule has 0 saturated carbocycles. The van der Waals surface area contributed by atoms with Crippen molar-refractivity contribution in [2.75, 3.05) is 0 Å². The molecule has 3 aromatic heterocycles. The monoisotopic (exact) mass is 845 g/mol. The maximum atomic E-state index is 8.36. The van der Waals surface area contributed by atoms with E-state index in [0.29, 0.717) is 22.4 Å². The Hall–Kier alpha value is -3.83. The Bertz CT molecular complexity index is 2220. The predicted molar refractivity (Wildman–Crippen MR) is 192 cm³/mol. The largest absolute Gasteiger partial charge is 0 e. The SMILES string of the molecule is [2H]C([2H])([2H])c1cc(-c2ccccc2)cc2c1oc1c(-c3cc(C([2H])(C)C)ccn3)[c-]ccc12.[CH3][Ge]([CH3])([CH3])[c]1ccc(-c2[c-]cccc2)nc1.[Ir]. The summed E-state index contributed by atoms with van der Waals surface area (Å²) in [5, 5.41) is 1.55. The number of rotatable bonds is 5. The van der Waals surface area contributed by atoms with Gasteiger partial charge in [0.15, 0.2) is 0 Å². The Morgan fingerprint density at radius 1 is 0.761 bits per heavy atom. The fourth-order valence-electron chi connectivity index (χ4n) is 5.26. The second kappa shape index (κ2) is 14.3. The van der Waals surface area contributed by atoms with E-state index >= 15 is 0 Å². The van der Waals surface area contributed by atoms with Gasteiger partial charge in [-0.15, -0.1) is 18.2 Å². The molecule has 3 nitrogen and oxygen atoms in total. The van der Waals surface area contributed by atoms with E-state index in [-0.39, 0.29) is 25.7 Å². The van der Waals surface area contributed by atoms with Crippen molar-refractivity contribution in [3.05, 3.63) is 139 Å². The van der Waals surface area contributed by atoms with Crippen LogP contribution in [0.1, 0.15) is 36.4 Å². The minimum atomic E-state index is -2.34. The number of fused-ring (bicyclic) bond motifs is 3. The Kier molecular flexibility index (Phi) is 8.83. The Balaban J connectivity index is 0.000000241. The van der Waals surface area contributed by atoms with Gasteiger partial charge in [-0.05, 0) is 53.3 Å². The van der Waals surface area contributed by atoms with E-state index in [1.54, 1.807) is 18.3 Å². The second-order valence-electron chi connectivity index (χ2n) is 12.4. The summed E-state index contributed by atoms with van der Waals surface area (Å²) in [5.74, 6) is 6.36. The van der Waals surface area contributed by atoms with Gasteiger partial charge in [0.1, 0.15) is 5.58 Å². The molecule has 0 saturated heterocycles. The van der Waals surface area contributed by atoms with Gasteiger partial charge >= 0.3 is 99.8 Å². The molecule has 0 atom stereocenters. The van der Waals surface area contributed by atoms with Gasteiger partial charge in [-0.3, -0.25) is 0 Å². The van der Waals surface area contributed by atoms with E-state index in [0.717, 1.165) is 38.7 Å². The van der Waals surface area contributed by atoms with E-state index in [4.69, 9.17) is 9.90 Å². The number of hydrogen-bond donors (Lipinski definition) is 0. The quantitative estimate of drug-likeness (QED) is 0.128. The molecule has 0 aliphatic rings. The van der Waals surface area contributed by atoms with Crippen LogP contribution >= 0.6 is 0 Å². The minimum absolute atomic E-state index is 0. The Labute approximate surface area is 294 Å². The molecule has 0 unspecified atom stereocenters. The van der Waals surface area contributed by atoms with Crippen LogP contribution in [0.4, 0.5) is 0 Å². The number of aromatic nitrogens is 2. The zero-order chi connectivity index (χ0) is 35.0. The molecule has 0 spiro atoms. The first-order valence-corrected chi connectivity index (χ1v) is 22.4. The Morgan fingerprint density at radius 3 is 2.24 bits per heavy atom. The first-order valence-electron chi connectivity index (χ1n) is 17.1. The number of aryl methyl sites for hydroxylation is 1. The van der Waals surface area contributed by atoms with Gasteiger partial charge in [-0.2, -0.15) is 0 Å². The number of hydrogen-bond acceptors (Lipinski definition) is 3. The molecule has 5 heteroatoms. The van der Waals surface area contributed by atoms with Crippen LogP contribution in [-0.2, 0) is 20.1 Å². The number of pyridine rings is 2. The van der Waals surface area contributed by atoms with Gasteiger partial charge < -0.3 is 9.40 Å². The van der Waals surface area contributed by atoms with Crippen molar-refractivity contribution in [2.45, 2.75) is 43.9 Å². The van der Waals surface area contributed by atoms with E-state index in [1.807, 2.05) is 98.9 Å². The standard InChI is InChI=1S/C27H22NO.C14H16GeN.Ir/c1-17(2)20-12-13-28-25(16-20)23-11-7-10-22-24-15-21(19-8-5-4-6-9-19)14-18(3)26(24)29-27(22)23;1-15(2,3)13-9-10-14(16-11-13)12-7-5-4-6-8-12;/h4-10,12-17H,1-3H3;4-7,9-11H,1-3H3;/q2*-1;/i3D3,17D;;. The summed E-state index contributed by atoms with van der Waals surface area (Å²) in [7, 11) is 0. The number of benzene rings is 4. The van der Waals surface area contributed by atoms with Crippen LogP contribution in [0.5, 0.6) is 0 Å². The molecule has 4 aromatic carbocycles. The molecule has 0 aliphatic carbocycles. The van der Waals surface area contributed by atoms with Crippen LogP contribution in [0.2, 0.25) is 17.3 Å². The molecule has 0 amide bonds. The van der Waals surface area contributed by atoms with Gasteiger partial charge in [0.2, 0.25) is 0 Å². The molecule has 0 N–H and O–H groups in total. The van der Waals surface area contributed by atoms with Crippen molar-refractivity contribution in [3.8, 4) is 33.6 Å². The van der Waals surface area contributed by atoms with Crippen LogP contribution in [0, 0.1) is 19.0 Å². The molecule has 233 valence electrons. The molecule has 1 radical (unpaired) electrons. The minimum Gasteiger partial charge on any atom is 0 e. The summed E-state index contributed by atoms with van der Waals surface area (Å²) in [4.78, 5) is 9.03. The molecular weight excluding hydrogens is 801 g/mol. The summed E-state index contributed by atoms with van der Waals surface area (Å²) in [6, 6.07) is 39.5. The molecule has 0 fully saturated rings. The van der Waals surface area contributed by atoms with Gasteiger partial charge in [-0.1, -0.05) is 66.8 Å². The Morgan fingerprint density at radius 2 is 1.57 bits per heavy atom. The van der Waals surface area contributed by atoms with Crippen LogP contribution in [-0.4, -0.2) is 23.2 Å². The maximum absolute atomic E-state index is 8.36. The van der Waals surface area contributed by atoms with Crippen molar-refractivity contribution in [1.29, 1.82) is 0 Å². The molecule has 7 rings (SSSR count). The zero-order valence-corrected chi connectivity index (χ0v) is 31.1. The zero-order valence-electron chi connectivity index (χ0n) is 30.6. The summed E-state index contributed by atoms with van der Waals surface area (Å²) < 4.78 is 40.4. The summed E-state index contributed by atoms with van der Waals surface area (Å²) in [5.41, 5.74) is 7.00. The van der Waals surface area contributed by atoms with Crippen molar-refractivity contribution >= 4 is 39.6 Å². The van der Waals surface area contributed by atoms with E-state index in [2.05, 4.69) is 51.5 Å². The fraction of sp³-hybridized carbons (Fsp3) is 0.171. The molecule has 46 heavy (non-hydrogen) atoms. The van der Waals surface area contributed by atoms with Crippen molar-refractivity contribution in [3.63, 3.8) is 0 Å². The fourth-order valence-corrected chi connectivity index (χ4v) is 7.43. The van der Waals surface area contributed by atoms with E-state index < -0.39 is 26.0 Å². The van der Waals surface area contributed by atoms with E-state index in [9.17, 15) is 0 Å². The smallest absolute Gasteiger partial charge is 0 e. The second-order valence-corrected chi connectivity index (χ2v) is 23.0. The van der Waals surface area contributed by atoms with Gasteiger partial charge in [0, 0.05) is 37.2 Å². The topological polar surface area (TPSA) is 38.9 Å². The van der Waals surface area contributed by atoms with Gasteiger partial charge in [0.05, 0.1) is 5.58 Å². The van der Waals surface area contributed by atoms with Gasteiger partial charge in [0.25, 0.3) is 0 Å². The molecule has 0 aliphatic heterocycles. The average molecular weight is 844 g/mol. The summed E-state index contributed by atoms with van der Waals surface area (Å²) in [6.45, 7) is 1.31. The first-order chi connectivity index (χ1) is 23.2. The molecule has 0 bridgehead atoms. The third-order valence-electron chi connectivity index (χ3n) is 7.85. The van der Waals surface area contributed by atoms with Crippen LogP contribution < -0.4 is 4.40 Å². The van der Waals surface area contributed by atoms with Crippen molar-refractivity contribution in [2.24, 2.45) is 0 Å². The number of furan rings is 1. The van der Waals surface area contributed by atoms with Crippen LogP contribution in [0.15, 0.2) is 120 Å². The normalized spacial score (nSPS) is 13.1. The third kappa shape index (κ3) is 7.26. The summed E-state index contributed by atoms with van der Waals surface area (Å²) in [6.07, 6.45) is 3.72. The molecular formula is C41H38GeIrN2O-2. The number of nitrogens with zero attached hydrogens (tertiary/aromatic N) is 2. The van der Waals surface area contributed by atoms with Crippen LogP contribution in [0.25, 0.3) is 55.6 Å². The molecule has 7 aromatic rings. The molecule has 3 heterocycles. The van der Waals surface area contributed by atoms with Gasteiger partial charge in [-0.25, -0.2) is 0 Å². The average Bonchev–Trinajstić information content (AvgIpc) is 3.47. The maximum Gasteiger partial charge on any atom is 0 e. The van der Waals surface area contributed by atoms with Crippen molar-refractivity contribution in [1.82, 2.24) is 9.97 Å². The third-order valence-corrected chi connectivity index (χ3v) is 12.1. The predicted octanol–water partition coefficient (Wildman–Crippen LogP) is 10.6. The van der Waals surface area contributed by atoms with Crippen molar-refractivity contribution < 1.29 is 30.0 Å².